The summed E-state index contributed by atoms with van der Waals surface area (Å²) in [7, 11) is 0. The van der Waals surface area contributed by atoms with Crippen molar-refractivity contribution in [1.82, 2.24) is 0 Å². The Morgan fingerprint density at radius 2 is 1.69 bits per heavy atom. The van der Waals surface area contributed by atoms with Gasteiger partial charge in [-0.1, -0.05) is 12.5 Å². The minimum Gasteiger partial charge on any atom is -0.455 e. The average Bonchev–Trinajstić information content (AvgIpc) is 2.01. The van der Waals surface area contributed by atoms with Crippen LogP contribution in [-0.4, -0.2) is 11.6 Å². The molecule has 0 bridgehead atoms. The van der Waals surface area contributed by atoms with Crippen molar-refractivity contribution in [2.75, 3.05) is 0 Å². The highest BCUT2D eigenvalue weighted by molar-refractivity contribution is 5.67. The highest BCUT2D eigenvalue weighted by atomic mass is 16.6. The van der Waals surface area contributed by atoms with Crippen molar-refractivity contribution in [3.8, 4) is 0 Å². The van der Waals surface area contributed by atoms with Gasteiger partial charge in [0, 0.05) is 6.92 Å². The second-order valence-corrected chi connectivity index (χ2v) is 3.80. The third-order valence-corrected chi connectivity index (χ3v) is 2.59. The zero-order valence-electron chi connectivity index (χ0n) is 9.52. The number of rotatable bonds is 3. The second kappa shape index (κ2) is 4.45. The van der Waals surface area contributed by atoms with Gasteiger partial charge in [-0.25, -0.2) is 0 Å². The van der Waals surface area contributed by atoms with E-state index >= 15 is 0 Å². The summed E-state index contributed by atoms with van der Waals surface area (Å²) >= 11 is 0. The summed E-state index contributed by atoms with van der Waals surface area (Å²) < 4.78 is 5.31. The largest absolute Gasteiger partial charge is 0.455 e. The molecule has 0 aromatic heterocycles. The molecular weight excluding hydrogens is 164 g/mol. The summed E-state index contributed by atoms with van der Waals surface area (Å²) in [6.45, 7) is 11.5. The van der Waals surface area contributed by atoms with Crippen molar-refractivity contribution in [2.45, 2.75) is 53.6 Å². The molecule has 0 aliphatic carbocycles. The first-order valence-electron chi connectivity index (χ1n) is 4.67. The highest BCUT2D eigenvalue weighted by Crippen LogP contribution is 2.27. The van der Waals surface area contributed by atoms with Crippen LogP contribution in [0.2, 0.25) is 0 Å². The van der Waals surface area contributed by atoms with Gasteiger partial charge in [0.25, 0.3) is 0 Å². The van der Waals surface area contributed by atoms with Gasteiger partial charge in [0.2, 0.25) is 0 Å². The number of hydrogen-bond donors (Lipinski definition) is 0. The van der Waals surface area contributed by atoms with Gasteiger partial charge in [0.15, 0.2) is 0 Å². The molecule has 76 valence electrons. The van der Waals surface area contributed by atoms with Gasteiger partial charge in [-0.15, -0.1) is 0 Å². The molecule has 2 heteroatoms. The van der Waals surface area contributed by atoms with Gasteiger partial charge in [-0.2, -0.15) is 0 Å². The van der Waals surface area contributed by atoms with E-state index < -0.39 is 5.60 Å². The Balaban J connectivity index is 4.84. The van der Waals surface area contributed by atoms with E-state index in [9.17, 15) is 4.79 Å². The second-order valence-electron chi connectivity index (χ2n) is 3.80. The molecule has 0 fully saturated rings. The molecule has 0 aliphatic rings. The Morgan fingerprint density at radius 1 is 1.23 bits per heavy atom. The van der Waals surface area contributed by atoms with Crippen LogP contribution in [0.3, 0.4) is 0 Å². The topological polar surface area (TPSA) is 26.3 Å². The number of esters is 1. The van der Waals surface area contributed by atoms with Crippen LogP contribution in [0.25, 0.3) is 0 Å². The van der Waals surface area contributed by atoms with Gasteiger partial charge < -0.3 is 4.74 Å². The molecule has 2 nitrogen and oxygen atoms in total. The maximum atomic E-state index is 10.9. The molecule has 0 rings (SSSR count). The Bertz CT molecular complexity index is 224. The fourth-order valence-corrected chi connectivity index (χ4v) is 1.26. The molecular formula is C11H20O2. The van der Waals surface area contributed by atoms with Gasteiger partial charge in [-0.3, -0.25) is 4.79 Å². The van der Waals surface area contributed by atoms with Crippen LogP contribution < -0.4 is 0 Å². The standard InChI is InChI=1S/C11H20O2/c1-7-11(6,13-10(5)12)9(4)8(2)3/h7H2,1-6H3. The van der Waals surface area contributed by atoms with E-state index in [4.69, 9.17) is 4.74 Å². The van der Waals surface area contributed by atoms with Crippen molar-refractivity contribution in [3.05, 3.63) is 11.1 Å². The Labute approximate surface area is 81.0 Å². The third-order valence-electron chi connectivity index (χ3n) is 2.59. The fourth-order valence-electron chi connectivity index (χ4n) is 1.26. The molecule has 0 aromatic rings. The molecule has 0 aromatic carbocycles. The van der Waals surface area contributed by atoms with E-state index in [0.717, 1.165) is 12.0 Å². The summed E-state index contributed by atoms with van der Waals surface area (Å²) in [5, 5.41) is 0. The summed E-state index contributed by atoms with van der Waals surface area (Å²) in [6.07, 6.45) is 0.809. The van der Waals surface area contributed by atoms with Gasteiger partial charge >= 0.3 is 5.97 Å². The van der Waals surface area contributed by atoms with Crippen molar-refractivity contribution in [3.63, 3.8) is 0 Å². The Kier molecular flexibility index (Phi) is 4.18. The Morgan fingerprint density at radius 3 is 1.92 bits per heavy atom. The summed E-state index contributed by atoms with van der Waals surface area (Å²) in [4.78, 5) is 10.9. The van der Waals surface area contributed by atoms with Crippen molar-refractivity contribution < 1.29 is 9.53 Å². The SMILES string of the molecule is CCC(C)(OC(C)=O)C(C)=C(C)C. The lowest BCUT2D eigenvalue weighted by molar-refractivity contribution is -0.152. The van der Waals surface area contributed by atoms with E-state index in [2.05, 4.69) is 0 Å². The molecule has 1 atom stereocenters. The van der Waals surface area contributed by atoms with Gasteiger partial charge in [0.1, 0.15) is 5.60 Å². The number of carbonyl (C=O) groups is 1. The lowest BCUT2D eigenvalue weighted by Gasteiger charge is -2.30. The molecule has 0 heterocycles. The lowest BCUT2D eigenvalue weighted by atomic mass is 9.91. The average molecular weight is 184 g/mol. The third kappa shape index (κ3) is 3.21. The molecule has 0 radical (unpaired) electrons. The zero-order chi connectivity index (χ0) is 10.6. The van der Waals surface area contributed by atoms with E-state index in [1.807, 2.05) is 34.6 Å². The smallest absolute Gasteiger partial charge is 0.303 e. The molecule has 13 heavy (non-hydrogen) atoms. The first-order valence-corrected chi connectivity index (χ1v) is 4.67. The predicted octanol–water partition coefficient (Wildman–Crippen LogP) is 3.07. The molecule has 0 saturated heterocycles. The quantitative estimate of drug-likeness (QED) is 0.497. The lowest BCUT2D eigenvalue weighted by Crippen LogP contribution is -2.32. The van der Waals surface area contributed by atoms with Crippen LogP contribution in [0.4, 0.5) is 0 Å². The first-order chi connectivity index (χ1) is 5.83. The normalized spacial score (nSPS) is 14.6. The summed E-state index contributed by atoms with van der Waals surface area (Å²) in [6, 6.07) is 0. The molecule has 1 unspecified atom stereocenters. The van der Waals surface area contributed by atoms with Gasteiger partial charge in [-0.05, 0) is 39.7 Å². The van der Waals surface area contributed by atoms with Crippen LogP contribution in [0.1, 0.15) is 48.0 Å². The van der Waals surface area contributed by atoms with Crippen LogP contribution in [0.15, 0.2) is 11.1 Å². The molecule has 0 amide bonds. The fraction of sp³-hybridized carbons (Fsp3) is 0.727. The monoisotopic (exact) mass is 184 g/mol. The molecule has 0 N–H and O–H groups in total. The van der Waals surface area contributed by atoms with Gasteiger partial charge in [0.05, 0.1) is 0 Å². The van der Waals surface area contributed by atoms with E-state index in [1.54, 1.807) is 0 Å². The first kappa shape index (κ1) is 12.2. The number of allylic oxidation sites excluding steroid dienone is 1. The molecule has 0 spiro atoms. The van der Waals surface area contributed by atoms with Crippen molar-refractivity contribution in [2.24, 2.45) is 0 Å². The maximum absolute atomic E-state index is 10.9. The van der Waals surface area contributed by atoms with Crippen molar-refractivity contribution >= 4 is 5.97 Å². The number of ether oxygens (including phenoxy) is 1. The van der Waals surface area contributed by atoms with E-state index in [0.29, 0.717) is 0 Å². The minimum atomic E-state index is -0.426. The number of hydrogen-bond acceptors (Lipinski definition) is 2. The number of carbonyl (C=O) groups excluding carboxylic acids is 1. The van der Waals surface area contributed by atoms with Crippen LogP contribution in [-0.2, 0) is 9.53 Å². The molecule has 0 aliphatic heterocycles. The Hall–Kier alpha value is -0.790. The highest BCUT2D eigenvalue weighted by Gasteiger charge is 2.27. The van der Waals surface area contributed by atoms with Crippen LogP contribution in [0.5, 0.6) is 0 Å². The van der Waals surface area contributed by atoms with E-state index in [1.165, 1.54) is 12.5 Å². The van der Waals surface area contributed by atoms with Crippen LogP contribution in [0, 0.1) is 0 Å². The maximum Gasteiger partial charge on any atom is 0.303 e. The van der Waals surface area contributed by atoms with Crippen molar-refractivity contribution in [1.29, 1.82) is 0 Å². The minimum absolute atomic E-state index is 0.218. The van der Waals surface area contributed by atoms with E-state index in [-0.39, 0.29) is 5.97 Å². The van der Waals surface area contributed by atoms with Crippen LogP contribution >= 0.6 is 0 Å². The summed E-state index contributed by atoms with van der Waals surface area (Å²) in [5.74, 6) is -0.218. The predicted molar refractivity (Wildman–Crippen MR) is 54.5 cm³/mol. The molecule has 0 saturated carbocycles. The zero-order valence-corrected chi connectivity index (χ0v) is 9.52. The summed E-state index contributed by atoms with van der Waals surface area (Å²) in [5.41, 5.74) is 1.93.